The fourth-order valence-corrected chi connectivity index (χ4v) is 10.4. The number of hydrogen-bond acceptors (Lipinski definition) is 30. The zero-order valence-electron chi connectivity index (χ0n) is 52.2. The van der Waals surface area contributed by atoms with Crippen LogP contribution in [0.3, 0.4) is 0 Å². The van der Waals surface area contributed by atoms with Gasteiger partial charge in [-0.05, 0) is 5.56 Å². The minimum atomic E-state index is -2.04. The Labute approximate surface area is 521 Å². The first kappa shape index (κ1) is 73.7. The lowest BCUT2D eigenvalue weighted by atomic mass is 9.92. The average molecular weight is 1300 g/mol. The Morgan fingerprint density at radius 1 is 0.319 bits per heavy atom. The third-order valence-corrected chi connectivity index (χ3v) is 13.5. The van der Waals surface area contributed by atoms with Gasteiger partial charge in [0.25, 0.3) is 0 Å². The molecule has 91 heavy (non-hydrogen) atoms. The third kappa shape index (κ3) is 22.4. The molecule has 1 aromatic carbocycles. The summed E-state index contributed by atoms with van der Waals surface area (Å²) in [4.78, 5) is 168. The summed E-state index contributed by atoms with van der Waals surface area (Å²) in [5.74, 6) is -11.6. The van der Waals surface area contributed by atoms with E-state index in [-0.39, 0.29) is 6.61 Å². The van der Waals surface area contributed by atoms with Gasteiger partial charge in [-0.15, -0.1) is 0 Å². The Kier molecular flexibility index (Phi) is 27.9. The number of nitrogens with one attached hydrogen (secondary N) is 4. The molecule has 0 bridgehead atoms. The molecular weight excluding hydrogens is 1220 g/mol. The van der Waals surface area contributed by atoms with Gasteiger partial charge in [-0.1, -0.05) is 30.3 Å². The van der Waals surface area contributed by atoms with Crippen LogP contribution in [-0.2, 0) is 149 Å². The summed E-state index contributed by atoms with van der Waals surface area (Å²) in [6.07, 6.45) is -28.4. The van der Waals surface area contributed by atoms with Crippen molar-refractivity contribution >= 4 is 77.4 Å². The van der Waals surface area contributed by atoms with Gasteiger partial charge < -0.3 is 102 Å². The van der Waals surface area contributed by atoms with Crippen LogP contribution >= 0.6 is 0 Å². The maximum atomic E-state index is 13.7. The van der Waals surface area contributed by atoms with Crippen LogP contribution in [0.25, 0.3) is 0 Å². The van der Waals surface area contributed by atoms with Gasteiger partial charge >= 0.3 is 53.7 Å². The van der Waals surface area contributed by atoms with Crippen molar-refractivity contribution in [3.05, 3.63) is 35.9 Å². The molecule has 4 aliphatic heterocycles. The van der Waals surface area contributed by atoms with Gasteiger partial charge in [0.05, 0.1) is 13.2 Å². The van der Waals surface area contributed by atoms with Crippen LogP contribution in [0.4, 0.5) is 0 Å². The number of hydrogen-bond donors (Lipinski definition) is 4. The minimum absolute atomic E-state index is 0.295. The minimum Gasteiger partial charge on any atom is -0.463 e. The molecule has 4 saturated heterocycles. The van der Waals surface area contributed by atoms with Crippen molar-refractivity contribution in [1.82, 2.24) is 21.3 Å². The van der Waals surface area contributed by atoms with Gasteiger partial charge in [0.15, 0.2) is 61.8 Å². The van der Waals surface area contributed by atoms with E-state index >= 15 is 0 Å². The molecule has 5 rings (SSSR count). The van der Waals surface area contributed by atoms with Crippen LogP contribution in [0, 0.1) is 0 Å². The number of ether oxygens (including phenoxy) is 17. The highest BCUT2D eigenvalue weighted by molar-refractivity contribution is 5.76. The first-order chi connectivity index (χ1) is 42.8. The van der Waals surface area contributed by atoms with E-state index in [1.54, 1.807) is 30.3 Å². The number of benzene rings is 1. The molecule has 0 spiro atoms. The highest BCUT2D eigenvalue weighted by Crippen LogP contribution is 2.38. The summed E-state index contributed by atoms with van der Waals surface area (Å²) >= 11 is 0. The number of rotatable bonds is 26. The highest BCUT2D eigenvalue weighted by Gasteiger charge is 2.60. The van der Waals surface area contributed by atoms with Crippen molar-refractivity contribution in [3.63, 3.8) is 0 Å². The summed E-state index contributed by atoms with van der Waals surface area (Å²) < 4.78 is 103. The molecular formula is C57H78N4O30. The molecule has 506 valence electrons. The highest BCUT2D eigenvalue weighted by atomic mass is 16.8. The normalized spacial score (nSPS) is 31.0. The van der Waals surface area contributed by atoms with E-state index in [1.165, 1.54) is 0 Å². The van der Waals surface area contributed by atoms with Gasteiger partial charge in [0.1, 0.15) is 80.6 Å². The first-order valence-electron chi connectivity index (χ1n) is 28.5. The first-order valence-corrected chi connectivity index (χ1v) is 28.5. The van der Waals surface area contributed by atoms with Crippen LogP contribution < -0.4 is 21.3 Å². The van der Waals surface area contributed by atoms with E-state index in [0.29, 0.717) is 5.56 Å². The predicted octanol–water partition coefficient (Wildman–Crippen LogP) is -1.81. The maximum absolute atomic E-state index is 13.7. The van der Waals surface area contributed by atoms with Crippen LogP contribution in [0.1, 0.15) is 95.6 Å². The van der Waals surface area contributed by atoms with E-state index in [1.807, 2.05) is 0 Å². The van der Waals surface area contributed by atoms with E-state index in [2.05, 4.69) is 21.3 Å². The molecule has 0 radical (unpaired) electrons. The van der Waals surface area contributed by atoms with Crippen molar-refractivity contribution < 1.29 is 143 Å². The topological polar surface area (TPSA) is 427 Å². The van der Waals surface area contributed by atoms with Gasteiger partial charge in [0, 0.05) is 90.0 Å². The van der Waals surface area contributed by atoms with Crippen LogP contribution in [0.5, 0.6) is 0 Å². The summed E-state index contributed by atoms with van der Waals surface area (Å²) in [5, 5.41) is 10.5. The molecule has 4 heterocycles. The standard InChI is InChI=1S/C57H78N4O30/c1-24(62)58-42-50(83-34(11)72)46(80-31(8)69)38(20-75-28(5)66)86-55(42)79-23-41-49(90-56-44(60-26(3)64)51(84-35(12)73)47(81-32(9)70)39(88-56)21-76-29(6)67)53(43(59-25(2)63)54(87-41)78-19-37-17-15-14-16-18-37)91-57-45(61-27(4)65)52(85-36(13)74)48(82-33(10)71)40(89-57)22-77-30(7)68/h14-18,38-57H,19-23H2,1-13H3,(H,58,62)(H,59,63)(H,60,64)(H,61,65)/t38-,39-,40-,41-,42-,43-,44-,45-,46-,47-,48-,49-,50-,51-,52-,53-,54+,55-,56+,57+/m1/s1. The molecule has 0 saturated carbocycles. The predicted molar refractivity (Wildman–Crippen MR) is 295 cm³/mol. The number of amides is 4. The molecule has 34 heteroatoms. The molecule has 34 nitrogen and oxygen atoms in total. The SMILES string of the molecule is CC(=O)N[C@H]1[C@H](OC[C@H]2O[C@H](OCc3ccccc3)[C@H](NC(C)=O)[C@@H](O[C@@H]3O[C@H](COC(C)=O)[C@@H](OC(C)=O)[C@H](OC(C)=O)[C@H]3NC(C)=O)[C@@H]2O[C@@H]2O[C@H](COC(C)=O)[C@@H](OC(C)=O)[C@H](OC(C)=O)[C@H]2NC(C)=O)O[C@H](COC(C)=O)[C@@H](OC(C)=O)[C@@H]1OC(C)=O. The van der Waals surface area contributed by atoms with Crippen molar-refractivity contribution in [3.8, 4) is 0 Å². The smallest absolute Gasteiger partial charge is 0.303 e. The Morgan fingerprint density at radius 3 is 0.912 bits per heavy atom. The number of carbonyl (C=O) groups is 13. The third-order valence-electron chi connectivity index (χ3n) is 13.5. The van der Waals surface area contributed by atoms with Crippen LogP contribution in [0.2, 0.25) is 0 Å². The Balaban J connectivity index is 1.86. The summed E-state index contributed by atoms with van der Waals surface area (Å²) in [7, 11) is 0. The lowest BCUT2D eigenvalue weighted by Gasteiger charge is -2.52. The van der Waals surface area contributed by atoms with Crippen LogP contribution in [-0.4, -0.2) is 226 Å². The molecule has 4 amide bonds. The maximum Gasteiger partial charge on any atom is 0.303 e. The monoisotopic (exact) mass is 1300 g/mol. The largest absolute Gasteiger partial charge is 0.463 e. The van der Waals surface area contributed by atoms with Crippen molar-refractivity contribution in [2.45, 2.75) is 219 Å². The molecule has 0 aromatic heterocycles. The Hall–Kier alpha value is -7.99. The number of carbonyl (C=O) groups excluding carboxylic acids is 13. The molecule has 20 atom stereocenters. The van der Waals surface area contributed by atoms with E-state index in [4.69, 9.17) is 80.5 Å². The van der Waals surface area contributed by atoms with Gasteiger partial charge in [-0.3, -0.25) is 62.3 Å². The van der Waals surface area contributed by atoms with E-state index < -0.39 is 226 Å². The fourth-order valence-electron chi connectivity index (χ4n) is 10.4. The second-order valence-corrected chi connectivity index (χ2v) is 21.3. The lowest BCUT2D eigenvalue weighted by molar-refractivity contribution is -0.365. The van der Waals surface area contributed by atoms with E-state index in [9.17, 15) is 62.3 Å². The van der Waals surface area contributed by atoms with Gasteiger partial charge in [-0.25, -0.2) is 0 Å². The summed E-state index contributed by atoms with van der Waals surface area (Å²) in [6.45, 7) is 10.1. The average Bonchev–Trinajstić information content (AvgIpc) is 0.778. The molecule has 4 aliphatic rings. The Bertz CT molecular complexity index is 2770. The van der Waals surface area contributed by atoms with Crippen LogP contribution in [0.15, 0.2) is 30.3 Å². The van der Waals surface area contributed by atoms with Gasteiger partial charge in [-0.2, -0.15) is 0 Å². The number of esters is 9. The molecule has 4 fully saturated rings. The zero-order valence-corrected chi connectivity index (χ0v) is 52.2. The molecule has 1 aromatic rings. The molecule has 4 N–H and O–H groups in total. The zero-order chi connectivity index (χ0) is 67.6. The van der Waals surface area contributed by atoms with E-state index in [0.717, 1.165) is 90.0 Å². The second kappa shape index (κ2) is 34.4. The molecule has 0 aliphatic carbocycles. The molecule has 0 unspecified atom stereocenters. The fraction of sp³-hybridized carbons (Fsp3) is 0.667. The van der Waals surface area contributed by atoms with Crippen molar-refractivity contribution in [2.75, 3.05) is 26.4 Å². The Morgan fingerprint density at radius 2 is 0.593 bits per heavy atom. The summed E-state index contributed by atoms with van der Waals surface area (Å²) in [5.41, 5.74) is 0.532. The van der Waals surface area contributed by atoms with Crippen molar-refractivity contribution in [1.29, 1.82) is 0 Å². The quantitative estimate of drug-likeness (QED) is 0.0586. The lowest BCUT2D eigenvalue weighted by Crippen LogP contribution is -2.72. The second-order valence-electron chi connectivity index (χ2n) is 21.3. The van der Waals surface area contributed by atoms with Gasteiger partial charge in [0.2, 0.25) is 23.6 Å². The summed E-state index contributed by atoms with van der Waals surface area (Å²) in [6, 6.07) is 1.64. The van der Waals surface area contributed by atoms with Crippen molar-refractivity contribution in [2.24, 2.45) is 0 Å².